The molecule has 5 nitrogen and oxygen atoms in total. The third kappa shape index (κ3) is 3.33. The smallest absolute Gasteiger partial charge is 0.434 e. The second-order valence-corrected chi connectivity index (χ2v) is 4.91. The van der Waals surface area contributed by atoms with E-state index < -0.39 is 23.4 Å². The van der Waals surface area contributed by atoms with Crippen LogP contribution in [0.4, 0.5) is 13.2 Å². The Labute approximate surface area is 142 Å². The summed E-state index contributed by atoms with van der Waals surface area (Å²) in [5.74, 6) is -1.06. The number of nitrogens with zero attached hydrogens (tertiary/aromatic N) is 3. The predicted octanol–water partition coefficient (Wildman–Crippen LogP) is 4.25. The van der Waals surface area contributed by atoms with Gasteiger partial charge in [0.05, 0.1) is 18.5 Å². The maximum absolute atomic E-state index is 13.5. The van der Waals surface area contributed by atoms with E-state index in [1.54, 1.807) is 24.4 Å². The normalized spacial score (nSPS) is 11.2. The molecule has 3 aromatic rings. The number of halogens is 3. The van der Waals surface area contributed by atoms with Gasteiger partial charge >= 0.3 is 12.1 Å². The Balaban J connectivity index is 0.00000225. The SMILES string of the molecule is C.CCOC(=O)c1cnn(-c2cccc3cnccc23)c1C(F)(F)F. The molecular weight excluding hydrogens is 335 g/mol. The molecule has 0 radical (unpaired) electrons. The Hall–Kier alpha value is -2.90. The molecule has 0 atom stereocenters. The number of hydrogen-bond donors (Lipinski definition) is 0. The Morgan fingerprint density at radius 3 is 2.68 bits per heavy atom. The highest BCUT2D eigenvalue weighted by Gasteiger charge is 2.41. The monoisotopic (exact) mass is 351 g/mol. The molecule has 0 amide bonds. The summed E-state index contributed by atoms with van der Waals surface area (Å²) in [5, 5.41) is 4.98. The van der Waals surface area contributed by atoms with E-state index in [-0.39, 0.29) is 19.7 Å². The van der Waals surface area contributed by atoms with Gasteiger partial charge in [-0.05, 0) is 19.1 Å². The Morgan fingerprint density at radius 2 is 2.00 bits per heavy atom. The molecule has 0 aliphatic carbocycles. The van der Waals surface area contributed by atoms with Crippen LogP contribution in [0.5, 0.6) is 0 Å². The highest BCUT2D eigenvalue weighted by atomic mass is 19.4. The number of rotatable bonds is 3. The summed E-state index contributed by atoms with van der Waals surface area (Å²) in [6, 6.07) is 6.43. The van der Waals surface area contributed by atoms with Gasteiger partial charge in [-0.2, -0.15) is 18.3 Å². The van der Waals surface area contributed by atoms with Crippen LogP contribution >= 0.6 is 0 Å². The molecule has 0 saturated carbocycles. The molecule has 3 rings (SSSR count). The van der Waals surface area contributed by atoms with Crippen LogP contribution in [0, 0.1) is 0 Å². The van der Waals surface area contributed by atoms with Gasteiger partial charge < -0.3 is 4.74 Å². The average molecular weight is 351 g/mol. The number of alkyl halides is 3. The van der Waals surface area contributed by atoms with Gasteiger partial charge in [0, 0.05) is 23.2 Å². The number of aromatic nitrogens is 3. The molecular formula is C17H16F3N3O2. The first-order valence-corrected chi connectivity index (χ1v) is 7.09. The van der Waals surface area contributed by atoms with Crippen molar-refractivity contribution in [2.75, 3.05) is 6.61 Å². The number of hydrogen-bond acceptors (Lipinski definition) is 4. The van der Waals surface area contributed by atoms with Crippen molar-refractivity contribution in [3.63, 3.8) is 0 Å². The van der Waals surface area contributed by atoms with Crippen molar-refractivity contribution >= 4 is 16.7 Å². The molecule has 0 N–H and O–H groups in total. The van der Waals surface area contributed by atoms with Crippen LogP contribution in [0.2, 0.25) is 0 Å². The van der Waals surface area contributed by atoms with E-state index in [1.165, 1.54) is 19.2 Å². The van der Waals surface area contributed by atoms with Crippen LogP contribution in [-0.2, 0) is 10.9 Å². The summed E-state index contributed by atoms with van der Waals surface area (Å²) < 4.78 is 46.1. The first-order chi connectivity index (χ1) is 11.4. The quantitative estimate of drug-likeness (QED) is 0.662. The lowest BCUT2D eigenvalue weighted by Gasteiger charge is -2.14. The summed E-state index contributed by atoms with van der Waals surface area (Å²) in [6.45, 7) is 1.49. The number of benzene rings is 1. The number of pyridine rings is 1. The first kappa shape index (κ1) is 18.4. The molecule has 0 spiro atoms. The predicted molar refractivity (Wildman–Crippen MR) is 86.6 cm³/mol. The third-order valence-electron chi connectivity index (χ3n) is 3.42. The zero-order chi connectivity index (χ0) is 17.3. The third-order valence-corrected chi connectivity index (χ3v) is 3.42. The van der Waals surface area contributed by atoms with Crippen molar-refractivity contribution in [1.29, 1.82) is 0 Å². The number of esters is 1. The van der Waals surface area contributed by atoms with E-state index in [2.05, 4.69) is 10.1 Å². The number of carbonyl (C=O) groups is 1. The molecule has 0 aliphatic rings. The molecule has 0 bridgehead atoms. The standard InChI is InChI=1S/C16H12F3N3O2.CH4/c1-2-24-15(23)12-9-21-22(14(12)16(17,18)19)13-5-3-4-10-8-20-7-6-11(10)13;/h3-9H,2H2,1H3;1H4. The van der Waals surface area contributed by atoms with Crippen molar-refractivity contribution in [1.82, 2.24) is 14.8 Å². The first-order valence-electron chi connectivity index (χ1n) is 7.09. The number of fused-ring (bicyclic) bond motifs is 1. The lowest BCUT2D eigenvalue weighted by Crippen LogP contribution is -2.18. The highest BCUT2D eigenvalue weighted by Crippen LogP contribution is 2.35. The van der Waals surface area contributed by atoms with Gasteiger partial charge in [0.1, 0.15) is 5.56 Å². The van der Waals surface area contributed by atoms with E-state index in [9.17, 15) is 18.0 Å². The van der Waals surface area contributed by atoms with Gasteiger partial charge in [0.15, 0.2) is 5.69 Å². The minimum absolute atomic E-state index is 0. The molecule has 8 heteroatoms. The average Bonchev–Trinajstić information content (AvgIpc) is 3.00. The molecule has 2 aromatic heterocycles. The topological polar surface area (TPSA) is 57.0 Å². The fourth-order valence-corrected chi connectivity index (χ4v) is 2.45. The van der Waals surface area contributed by atoms with Crippen molar-refractivity contribution < 1.29 is 22.7 Å². The van der Waals surface area contributed by atoms with E-state index in [4.69, 9.17) is 4.74 Å². The van der Waals surface area contributed by atoms with Crippen LogP contribution in [0.1, 0.15) is 30.4 Å². The lowest BCUT2D eigenvalue weighted by molar-refractivity contribution is -0.143. The molecule has 0 saturated heterocycles. The van der Waals surface area contributed by atoms with Crippen molar-refractivity contribution in [2.24, 2.45) is 0 Å². The van der Waals surface area contributed by atoms with E-state index in [0.717, 1.165) is 6.20 Å². The second kappa shape index (κ2) is 6.92. The van der Waals surface area contributed by atoms with Crippen LogP contribution in [0.25, 0.3) is 16.5 Å². The van der Waals surface area contributed by atoms with Gasteiger partial charge in [0.2, 0.25) is 0 Å². The Bertz CT molecular complexity index is 898. The van der Waals surface area contributed by atoms with E-state index in [0.29, 0.717) is 15.5 Å². The number of ether oxygens (including phenoxy) is 1. The van der Waals surface area contributed by atoms with Gasteiger partial charge in [-0.1, -0.05) is 19.6 Å². The maximum Gasteiger partial charge on any atom is 0.434 e. The lowest BCUT2D eigenvalue weighted by atomic mass is 10.1. The summed E-state index contributed by atoms with van der Waals surface area (Å²) in [5.41, 5.74) is -1.57. The van der Waals surface area contributed by atoms with Crippen molar-refractivity contribution in [3.8, 4) is 5.69 Å². The zero-order valence-corrected chi connectivity index (χ0v) is 12.5. The molecule has 2 heterocycles. The Morgan fingerprint density at radius 1 is 1.24 bits per heavy atom. The summed E-state index contributed by atoms with van der Waals surface area (Å²) >= 11 is 0. The van der Waals surface area contributed by atoms with Crippen LogP contribution < -0.4 is 0 Å². The van der Waals surface area contributed by atoms with Crippen LogP contribution in [-0.4, -0.2) is 27.3 Å². The van der Waals surface area contributed by atoms with Crippen molar-refractivity contribution in [2.45, 2.75) is 20.5 Å². The minimum atomic E-state index is -4.77. The summed E-state index contributed by atoms with van der Waals surface area (Å²) in [6.07, 6.45) is -0.870. The van der Waals surface area contributed by atoms with Crippen LogP contribution in [0.15, 0.2) is 42.9 Å². The minimum Gasteiger partial charge on any atom is -0.462 e. The van der Waals surface area contributed by atoms with Gasteiger partial charge in [-0.15, -0.1) is 0 Å². The second-order valence-electron chi connectivity index (χ2n) is 4.91. The molecule has 0 aliphatic heterocycles. The molecule has 0 unspecified atom stereocenters. The zero-order valence-electron chi connectivity index (χ0n) is 12.5. The fraction of sp³-hybridized carbons (Fsp3) is 0.235. The molecule has 25 heavy (non-hydrogen) atoms. The maximum atomic E-state index is 13.5. The van der Waals surface area contributed by atoms with Crippen molar-refractivity contribution in [3.05, 3.63) is 54.1 Å². The largest absolute Gasteiger partial charge is 0.462 e. The van der Waals surface area contributed by atoms with Crippen LogP contribution in [0.3, 0.4) is 0 Å². The molecule has 0 fully saturated rings. The summed E-state index contributed by atoms with van der Waals surface area (Å²) in [4.78, 5) is 15.8. The highest BCUT2D eigenvalue weighted by molar-refractivity contribution is 5.92. The Kier molecular flexibility index (Phi) is 5.10. The number of carbonyl (C=O) groups excluding carboxylic acids is 1. The van der Waals surface area contributed by atoms with E-state index in [1.807, 2.05) is 0 Å². The van der Waals surface area contributed by atoms with Gasteiger partial charge in [-0.25, -0.2) is 9.48 Å². The fourth-order valence-electron chi connectivity index (χ4n) is 2.45. The van der Waals surface area contributed by atoms with Gasteiger partial charge in [0.25, 0.3) is 0 Å². The van der Waals surface area contributed by atoms with E-state index >= 15 is 0 Å². The van der Waals surface area contributed by atoms with Gasteiger partial charge in [-0.3, -0.25) is 4.98 Å². The molecule has 132 valence electrons. The molecule has 1 aromatic carbocycles. The summed E-state index contributed by atoms with van der Waals surface area (Å²) in [7, 11) is 0.